The van der Waals surface area contributed by atoms with Crippen molar-refractivity contribution in [2.75, 3.05) is 6.54 Å². The minimum absolute atomic E-state index is 0.0420. The van der Waals surface area contributed by atoms with Crippen LogP contribution in [-0.2, 0) is 0 Å². The van der Waals surface area contributed by atoms with Crippen LogP contribution in [0.15, 0.2) is 0 Å². The maximum absolute atomic E-state index is 10.8. The molecule has 0 saturated heterocycles. The molecule has 2 saturated carbocycles. The molecule has 2 aliphatic carbocycles. The Morgan fingerprint density at radius 3 is 2.12 bits per heavy atom. The second-order valence-electron chi connectivity index (χ2n) is 9.43. The van der Waals surface area contributed by atoms with Crippen molar-refractivity contribution in [2.45, 2.75) is 111 Å². The van der Waals surface area contributed by atoms with Crippen LogP contribution in [0.25, 0.3) is 0 Å². The van der Waals surface area contributed by atoms with Crippen molar-refractivity contribution in [1.82, 2.24) is 4.90 Å². The summed E-state index contributed by atoms with van der Waals surface area (Å²) in [5, 5.41) is 10.8. The van der Waals surface area contributed by atoms with Gasteiger partial charge in [0.25, 0.3) is 0 Å². The third-order valence-electron chi connectivity index (χ3n) is 6.98. The van der Waals surface area contributed by atoms with Gasteiger partial charge in [0.15, 0.2) is 0 Å². The Bertz CT molecular complexity index is 340. The molecule has 0 aliphatic heterocycles. The smallest absolute Gasteiger partial charge is 0.0571 e. The molecule has 0 aromatic rings. The Labute approximate surface area is 151 Å². The zero-order valence-corrected chi connectivity index (χ0v) is 17.0. The van der Waals surface area contributed by atoms with Gasteiger partial charge in [0.05, 0.1) is 6.10 Å². The van der Waals surface area contributed by atoms with E-state index in [-0.39, 0.29) is 6.10 Å². The summed E-state index contributed by atoms with van der Waals surface area (Å²) >= 11 is 0. The van der Waals surface area contributed by atoms with Crippen LogP contribution in [0.5, 0.6) is 0 Å². The number of rotatable bonds is 7. The Balaban J connectivity index is 2.07. The highest BCUT2D eigenvalue weighted by Crippen LogP contribution is 2.43. The van der Waals surface area contributed by atoms with Crippen molar-refractivity contribution in [1.29, 1.82) is 0 Å². The Hall–Kier alpha value is -0.0800. The fourth-order valence-corrected chi connectivity index (χ4v) is 5.64. The summed E-state index contributed by atoms with van der Waals surface area (Å²) in [5.74, 6) is 2.96. The van der Waals surface area contributed by atoms with Crippen LogP contribution in [0.2, 0.25) is 0 Å². The van der Waals surface area contributed by atoms with E-state index in [1.807, 2.05) is 0 Å². The molecular formula is C22H43NO. The van der Waals surface area contributed by atoms with Crippen LogP contribution < -0.4 is 0 Å². The summed E-state index contributed by atoms with van der Waals surface area (Å²) in [6.45, 7) is 12.9. The highest BCUT2D eigenvalue weighted by atomic mass is 16.3. The van der Waals surface area contributed by atoms with Gasteiger partial charge in [-0.3, -0.25) is 4.90 Å². The second kappa shape index (κ2) is 9.57. The van der Waals surface area contributed by atoms with Crippen LogP contribution in [0.3, 0.4) is 0 Å². The average molecular weight is 338 g/mol. The maximum Gasteiger partial charge on any atom is 0.0571 e. The predicted octanol–water partition coefficient (Wildman–Crippen LogP) is 5.49. The highest BCUT2D eigenvalue weighted by molar-refractivity contribution is 4.88. The third-order valence-corrected chi connectivity index (χ3v) is 6.98. The molecule has 142 valence electrons. The summed E-state index contributed by atoms with van der Waals surface area (Å²) < 4.78 is 0. The Morgan fingerprint density at radius 2 is 1.54 bits per heavy atom. The summed E-state index contributed by atoms with van der Waals surface area (Å²) in [5.41, 5.74) is 0. The lowest BCUT2D eigenvalue weighted by molar-refractivity contribution is -0.0111. The van der Waals surface area contributed by atoms with E-state index in [2.05, 4.69) is 39.5 Å². The van der Waals surface area contributed by atoms with Gasteiger partial charge in [-0.25, -0.2) is 0 Å². The van der Waals surface area contributed by atoms with Crippen molar-refractivity contribution in [3.05, 3.63) is 0 Å². The summed E-state index contributed by atoms with van der Waals surface area (Å²) in [6, 6.07) is 1.24. The zero-order valence-electron chi connectivity index (χ0n) is 17.0. The first kappa shape index (κ1) is 20.2. The van der Waals surface area contributed by atoms with E-state index < -0.39 is 0 Å². The van der Waals surface area contributed by atoms with Crippen LogP contribution in [0.1, 0.15) is 92.4 Å². The van der Waals surface area contributed by atoms with Crippen LogP contribution in [0.4, 0.5) is 0 Å². The van der Waals surface area contributed by atoms with Crippen LogP contribution in [-0.4, -0.2) is 34.7 Å². The van der Waals surface area contributed by atoms with E-state index >= 15 is 0 Å². The monoisotopic (exact) mass is 337 g/mol. The quantitative estimate of drug-likeness (QED) is 0.664. The summed E-state index contributed by atoms with van der Waals surface area (Å²) in [6.07, 6.45) is 11.8. The Morgan fingerprint density at radius 1 is 0.917 bits per heavy atom. The van der Waals surface area contributed by atoms with Gasteiger partial charge < -0.3 is 5.11 Å². The van der Waals surface area contributed by atoms with E-state index in [9.17, 15) is 5.11 Å². The fourth-order valence-electron chi connectivity index (χ4n) is 5.64. The molecular weight excluding hydrogens is 294 g/mol. The van der Waals surface area contributed by atoms with Gasteiger partial charge in [-0.1, -0.05) is 39.0 Å². The SMILES string of the molecule is CC1CCC(O)C(C(CCN(C(C)C)C(C)C)C2CCCCC2)C1. The first-order valence-corrected chi connectivity index (χ1v) is 10.8. The minimum Gasteiger partial charge on any atom is -0.393 e. The van der Waals surface area contributed by atoms with E-state index in [0.29, 0.717) is 18.0 Å². The van der Waals surface area contributed by atoms with Crippen LogP contribution >= 0.6 is 0 Å². The predicted molar refractivity (Wildman–Crippen MR) is 104 cm³/mol. The van der Waals surface area contributed by atoms with Gasteiger partial charge in [0.2, 0.25) is 0 Å². The normalized spacial score (nSPS) is 31.1. The molecule has 2 fully saturated rings. The first-order chi connectivity index (χ1) is 11.4. The summed E-state index contributed by atoms with van der Waals surface area (Å²) in [7, 11) is 0. The first-order valence-electron chi connectivity index (χ1n) is 10.8. The number of hydrogen-bond donors (Lipinski definition) is 1. The number of aliphatic hydroxyl groups excluding tert-OH is 1. The second-order valence-corrected chi connectivity index (χ2v) is 9.43. The number of nitrogens with zero attached hydrogens (tertiary/aromatic N) is 1. The van der Waals surface area contributed by atoms with Gasteiger partial charge in [-0.05, 0) is 83.6 Å². The van der Waals surface area contributed by atoms with Gasteiger partial charge in [-0.15, -0.1) is 0 Å². The van der Waals surface area contributed by atoms with Crippen molar-refractivity contribution in [2.24, 2.45) is 23.7 Å². The van der Waals surface area contributed by atoms with Gasteiger partial charge in [0.1, 0.15) is 0 Å². The molecule has 2 rings (SSSR count). The molecule has 0 radical (unpaired) electrons. The molecule has 0 aromatic heterocycles. The van der Waals surface area contributed by atoms with Crippen molar-refractivity contribution in [3.8, 4) is 0 Å². The standard InChI is InChI=1S/C22H43NO/c1-16(2)23(17(3)4)14-13-20(19-9-7-6-8-10-19)21-15-18(5)11-12-22(21)24/h16-22,24H,6-15H2,1-5H3. The maximum atomic E-state index is 10.8. The highest BCUT2D eigenvalue weighted by Gasteiger charge is 2.37. The van der Waals surface area contributed by atoms with Gasteiger partial charge >= 0.3 is 0 Å². The number of hydrogen-bond acceptors (Lipinski definition) is 2. The van der Waals surface area contributed by atoms with Crippen molar-refractivity contribution in [3.63, 3.8) is 0 Å². The minimum atomic E-state index is -0.0420. The lowest BCUT2D eigenvalue weighted by Gasteiger charge is -2.43. The van der Waals surface area contributed by atoms with Crippen LogP contribution in [0, 0.1) is 23.7 Å². The van der Waals surface area contributed by atoms with E-state index in [1.165, 1.54) is 57.9 Å². The molecule has 0 spiro atoms. The third kappa shape index (κ3) is 5.46. The zero-order chi connectivity index (χ0) is 17.7. The molecule has 2 heteroatoms. The van der Waals surface area contributed by atoms with Crippen molar-refractivity contribution >= 4 is 0 Å². The topological polar surface area (TPSA) is 23.5 Å². The molecule has 24 heavy (non-hydrogen) atoms. The molecule has 4 atom stereocenters. The largest absolute Gasteiger partial charge is 0.393 e. The molecule has 1 N–H and O–H groups in total. The average Bonchev–Trinajstić information content (AvgIpc) is 2.54. The number of aliphatic hydroxyl groups is 1. The van der Waals surface area contributed by atoms with E-state index in [4.69, 9.17) is 0 Å². The Kier molecular flexibility index (Phi) is 8.07. The van der Waals surface area contributed by atoms with Gasteiger partial charge in [0, 0.05) is 12.1 Å². The lowest BCUT2D eigenvalue weighted by Crippen LogP contribution is -2.42. The lowest BCUT2D eigenvalue weighted by atomic mass is 9.65. The van der Waals surface area contributed by atoms with Crippen molar-refractivity contribution < 1.29 is 5.11 Å². The molecule has 0 bridgehead atoms. The molecule has 2 aliphatic rings. The van der Waals surface area contributed by atoms with Gasteiger partial charge in [-0.2, -0.15) is 0 Å². The molecule has 0 aromatic carbocycles. The molecule has 2 nitrogen and oxygen atoms in total. The molecule has 0 amide bonds. The fraction of sp³-hybridized carbons (Fsp3) is 1.00. The summed E-state index contributed by atoms with van der Waals surface area (Å²) in [4.78, 5) is 2.65. The molecule has 4 unspecified atom stereocenters. The molecule has 0 heterocycles. The van der Waals surface area contributed by atoms with E-state index in [1.54, 1.807) is 0 Å². The van der Waals surface area contributed by atoms with E-state index in [0.717, 1.165) is 24.2 Å².